The third kappa shape index (κ3) is 8.11. The first-order chi connectivity index (χ1) is 16.2. The second-order valence-corrected chi connectivity index (χ2v) is 7.64. The minimum Gasteiger partial charge on any atom is -0.487 e. The Kier molecular flexibility index (Phi) is 10.6. The first-order valence-electron chi connectivity index (χ1n) is 11.2. The molecule has 0 N–H and O–H groups in total. The summed E-state index contributed by atoms with van der Waals surface area (Å²) < 4.78 is 34.6. The van der Waals surface area contributed by atoms with E-state index in [1.54, 1.807) is 18.2 Å². The van der Waals surface area contributed by atoms with Crippen molar-refractivity contribution in [2.24, 2.45) is 0 Å². The van der Waals surface area contributed by atoms with Gasteiger partial charge < -0.3 is 28.4 Å². The highest BCUT2D eigenvalue weighted by molar-refractivity contribution is 6.17. The molecule has 0 spiro atoms. The molecule has 0 bridgehead atoms. The first-order valence-corrected chi connectivity index (χ1v) is 11.8. The number of benzene rings is 2. The number of Topliss-reactive ketones (excluding diaryl/α,β-unsaturated/α-hetero) is 1. The monoisotopic (exact) mass is 478 g/mol. The number of ketones is 1. The normalized spacial score (nSPS) is 15.8. The van der Waals surface area contributed by atoms with Gasteiger partial charge in [0.1, 0.15) is 26.4 Å². The molecule has 8 heteroatoms. The topological polar surface area (TPSA) is 72.5 Å². The third-order valence-electron chi connectivity index (χ3n) is 4.85. The third-order valence-corrected chi connectivity index (χ3v) is 5.15. The highest BCUT2D eigenvalue weighted by Crippen LogP contribution is 2.30. The molecule has 0 amide bonds. The maximum Gasteiger partial charge on any atom is 0.163 e. The Balaban J connectivity index is 1.63. The zero-order chi connectivity index (χ0) is 23.3. The standard InChI is InChI=1S/C25H31ClO7/c1-2-3-21(27)20-5-7-23-25(17-20)33-15-11-29-8-12-30-22-6-4-19(18-26)16-24(22)32-14-10-28-9-13-31-23/h4-7,16-17H,2-3,8-15,18H2,1H3. The van der Waals surface area contributed by atoms with Crippen LogP contribution in [0.25, 0.3) is 0 Å². The molecule has 0 radical (unpaired) electrons. The van der Waals surface area contributed by atoms with E-state index in [0.29, 0.717) is 93.7 Å². The van der Waals surface area contributed by atoms with Crippen LogP contribution in [0.2, 0.25) is 0 Å². The van der Waals surface area contributed by atoms with Gasteiger partial charge in [0.2, 0.25) is 0 Å². The SMILES string of the molecule is CCCC(=O)c1ccc2c(c1)OCCOCCOc1ccc(CCl)cc1OCCOCCO2. The fourth-order valence-electron chi connectivity index (χ4n) is 3.20. The van der Waals surface area contributed by atoms with Crippen LogP contribution < -0.4 is 18.9 Å². The Morgan fingerprint density at radius 2 is 1.24 bits per heavy atom. The van der Waals surface area contributed by atoms with Crippen molar-refractivity contribution >= 4 is 17.4 Å². The highest BCUT2D eigenvalue weighted by Gasteiger charge is 2.12. The van der Waals surface area contributed by atoms with Crippen LogP contribution in [0, 0.1) is 0 Å². The fraction of sp³-hybridized carbons (Fsp3) is 0.480. The maximum atomic E-state index is 12.3. The summed E-state index contributed by atoms with van der Waals surface area (Å²) >= 11 is 5.94. The Morgan fingerprint density at radius 1 is 0.727 bits per heavy atom. The van der Waals surface area contributed by atoms with Gasteiger partial charge in [-0.05, 0) is 42.3 Å². The number of fused-ring (bicyclic) bond motifs is 2. The van der Waals surface area contributed by atoms with Gasteiger partial charge in [-0.3, -0.25) is 4.79 Å². The lowest BCUT2D eigenvalue weighted by atomic mass is 10.1. The van der Waals surface area contributed by atoms with Crippen LogP contribution in [0.5, 0.6) is 23.0 Å². The Labute approximate surface area is 199 Å². The average Bonchev–Trinajstić information content (AvgIpc) is 2.83. The quantitative estimate of drug-likeness (QED) is 0.467. The van der Waals surface area contributed by atoms with Crippen LogP contribution in [0.15, 0.2) is 36.4 Å². The summed E-state index contributed by atoms with van der Waals surface area (Å²) in [6.07, 6.45) is 1.29. The van der Waals surface area contributed by atoms with E-state index in [-0.39, 0.29) is 5.78 Å². The lowest BCUT2D eigenvalue weighted by molar-refractivity contribution is 0.0639. The largest absolute Gasteiger partial charge is 0.487 e. The number of carbonyl (C=O) groups excluding carboxylic acids is 1. The zero-order valence-corrected chi connectivity index (χ0v) is 19.7. The number of halogens is 1. The van der Waals surface area contributed by atoms with E-state index in [4.69, 9.17) is 40.0 Å². The molecule has 0 aliphatic carbocycles. The van der Waals surface area contributed by atoms with E-state index < -0.39 is 0 Å². The number of rotatable bonds is 4. The van der Waals surface area contributed by atoms with Crippen molar-refractivity contribution in [1.82, 2.24) is 0 Å². The smallest absolute Gasteiger partial charge is 0.163 e. The number of ether oxygens (including phenoxy) is 6. The molecular formula is C25H31ClO7. The van der Waals surface area contributed by atoms with Crippen LogP contribution in [0.4, 0.5) is 0 Å². The predicted molar refractivity (Wildman–Crippen MR) is 125 cm³/mol. The molecule has 0 atom stereocenters. The van der Waals surface area contributed by atoms with Gasteiger partial charge >= 0.3 is 0 Å². The van der Waals surface area contributed by atoms with Gasteiger partial charge in [0, 0.05) is 17.9 Å². The second-order valence-electron chi connectivity index (χ2n) is 7.37. The summed E-state index contributed by atoms with van der Waals surface area (Å²) in [4.78, 5) is 12.3. The van der Waals surface area contributed by atoms with Crippen molar-refractivity contribution < 1.29 is 33.2 Å². The summed E-state index contributed by atoms with van der Waals surface area (Å²) in [7, 11) is 0. The summed E-state index contributed by atoms with van der Waals surface area (Å²) in [6, 6.07) is 10.9. The van der Waals surface area contributed by atoms with E-state index in [1.165, 1.54) is 0 Å². The molecular weight excluding hydrogens is 448 g/mol. The van der Waals surface area contributed by atoms with E-state index in [0.717, 1.165) is 12.0 Å². The van der Waals surface area contributed by atoms with Crippen molar-refractivity contribution in [2.45, 2.75) is 25.6 Å². The molecule has 0 unspecified atom stereocenters. The van der Waals surface area contributed by atoms with E-state index in [9.17, 15) is 4.79 Å². The molecule has 0 aromatic heterocycles. The van der Waals surface area contributed by atoms with Crippen LogP contribution in [-0.2, 0) is 15.4 Å². The van der Waals surface area contributed by atoms with Crippen molar-refractivity contribution in [3.63, 3.8) is 0 Å². The van der Waals surface area contributed by atoms with Gasteiger partial charge in [-0.25, -0.2) is 0 Å². The van der Waals surface area contributed by atoms with Crippen LogP contribution in [0.3, 0.4) is 0 Å². The molecule has 180 valence electrons. The van der Waals surface area contributed by atoms with Gasteiger partial charge in [0.25, 0.3) is 0 Å². The Morgan fingerprint density at radius 3 is 1.79 bits per heavy atom. The van der Waals surface area contributed by atoms with Crippen molar-refractivity contribution in [2.75, 3.05) is 52.9 Å². The van der Waals surface area contributed by atoms with E-state index >= 15 is 0 Å². The average molecular weight is 479 g/mol. The molecule has 1 heterocycles. The molecule has 0 saturated carbocycles. The van der Waals surface area contributed by atoms with Crippen molar-refractivity contribution in [1.29, 1.82) is 0 Å². The highest BCUT2D eigenvalue weighted by atomic mass is 35.5. The Hall–Kier alpha value is -2.48. The molecule has 1 aliphatic rings. The second kappa shape index (κ2) is 13.9. The van der Waals surface area contributed by atoms with Crippen molar-refractivity contribution in [3.05, 3.63) is 47.5 Å². The molecule has 33 heavy (non-hydrogen) atoms. The number of alkyl halides is 1. The molecule has 7 nitrogen and oxygen atoms in total. The first kappa shape index (κ1) is 25.1. The van der Waals surface area contributed by atoms with Crippen LogP contribution >= 0.6 is 11.6 Å². The summed E-state index contributed by atoms with van der Waals surface area (Å²) in [5.74, 6) is 2.81. The van der Waals surface area contributed by atoms with E-state index in [2.05, 4.69) is 0 Å². The van der Waals surface area contributed by atoms with Crippen molar-refractivity contribution in [3.8, 4) is 23.0 Å². The Bertz CT molecular complexity index is 887. The van der Waals surface area contributed by atoms with Gasteiger partial charge in [-0.1, -0.05) is 13.0 Å². The molecule has 1 aliphatic heterocycles. The molecule has 2 aromatic rings. The number of hydrogen-bond donors (Lipinski definition) is 0. The van der Waals surface area contributed by atoms with E-state index in [1.807, 2.05) is 25.1 Å². The van der Waals surface area contributed by atoms with Gasteiger partial charge in [0.05, 0.1) is 26.4 Å². The number of hydrogen-bond acceptors (Lipinski definition) is 7. The molecule has 0 saturated heterocycles. The summed E-state index contributed by atoms with van der Waals surface area (Å²) in [6.45, 7) is 4.90. The van der Waals surface area contributed by atoms with Gasteiger partial charge in [0.15, 0.2) is 28.8 Å². The minimum absolute atomic E-state index is 0.0820. The lowest BCUT2D eigenvalue weighted by Gasteiger charge is -2.16. The molecule has 3 rings (SSSR count). The zero-order valence-electron chi connectivity index (χ0n) is 19.0. The van der Waals surface area contributed by atoms with Crippen LogP contribution in [-0.4, -0.2) is 58.6 Å². The molecule has 0 fully saturated rings. The number of carbonyl (C=O) groups is 1. The summed E-state index contributed by atoms with van der Waals surface area (Å²) in [5, 5.41) is 0. The fourth-order valence-corrected chi connectivity index (χ4v) is 3.37. The van der Waals surface area contributed by atoms with Crippen LogP contribution in [0.1, 0.15) is 35.7 Å². The van der Waals surface area contributed by atoms with Gasteiger partial charge in [-0.15, -0.1) is 11.6 Å². The molecule has 2 aromatic carbocycles. The lowest BCUT2D eigenvalue weighted by Crippen LogP contribution is -2.15. The summed E-state index contributed by atoms with van der Waals surface area (Å²) in [5.41, 5.74) is 1.56. The minimum atomic E-state index is 0.0820. The predicted octanol–water partition coefficient (Wildman–Crippen LogP) is 4.67. The van der Waals surface area contributed by atoms with Gasteiger partial charge in [-0.2, -0.15) is 0 Å². The maximum absolute atomic E-state index is 12.3.